The van der Waals surface area contributed by atoms with Crippen LogP contribution in [0.3, 0.4) is 0 Å². The summed E-state index contributed by atoms with van der Waals surface area (Å²) in [5, 5.41) is 12.5. The highest BCUT2D eigenvalue weighted by Crippen LogP contribution is 2.25. The van der Waals surface area contributed by atoms with Gasteiger partial charge in [-0.15, -0.1) is 0 Å². The van der Waals surface area contributed by atoms with Crippen LogP contribution in [0.1, 0.15) is 29.6 Å². The minimum absolute atomic E-state index is 0.166. The van der Waals surface area contributed by atoms with Crippen LogP contribution in [-0.2, 0) is 0 Å². The van der Waals surface area contributed by atoms with E-state index in [1.807, 2.05) is 0 Å². The second-order valence-electron chi connectivity index (χ2n) is 4.93. The quantitative estimate of drug-likeness (QED) is 0.713. The largest absolute Gasteiger partial charge is 0.495 e. The molecule has 1 amide bonds. The third-order valence-electron chi connectivity index (χ3n) is 3.64. The number of nitrogens with two attached hydrogens (primary N) is 1. The predicted molar refractivity (Wildman–Crippen MR) is 73.1 cm³/mol. The van der Waals surface area contributed by atoms with Gasteiger partial charge < -0.3 is 20.9 Å². The number of anilines is 1. The van der Waals surface area contributed by atoms with Gasteiger partial charge in [0, 0.05) is 18.0 Å². The van der Waals surface area contributed by atoms with E-state index >= 15 is 0 Å². The summed E-state index contributed by atoms with van der Waals surface area (Å²) in [5.74, 6) is 0.491. The normalized spacial score (nSPS) is 22.2. The van der Waals surface area contributed by atoms with Crippen molar-refractivity contribution in [2.24, 2.45) is 5.92 Å². The van der Waals surface area contributed by atoms with Crippen molar-refractivity contribution < 1.29 is 14.6 Å². The van der Waals surface area contributed by atoms with Crippen molar-refractivity contribution in [2.45, 2.75) is 25.4 Å². The number of aliphatic hydroxyl groups excluding tert-OH is 1. The van der Waals surface area contributed by atoms with Crippen molar-refractivity contribution in [1.82, 2.24) is 5.32 Å². The highest BCUT2D eigenvalue weighted by Gasteiger charge is 2.25. The van der Waals surface area contributed by atoms with Crippen LogP contribution >= 0.6 is 0 Å². The van der Waals surface area contributed by atoms with Crippen LogP contribution in [0.2, 0.25) is 0 Å². The van der Waals surface area contributed by atoms with Crippen LogP contribution in [0.25, 0.3) is 0 Å². The summed E-state index contributed by atoms with van der Waals surface area (Å²) in [5.41, 5.74) is 6.72. The number of benzene rings is 1. The van der Waals surface area contributed by atoms with Crippen LogP contribution in [0.5, 0.6) is 5.75 Å². The zero-order chi connectivity index (χ0) is 13.8. The maximum Gasteiger partial charge on any atom is 0.251 e. The SMILES string of the molecule is COc1cc(C(=O)NCC2CCCC2O)ccc1N. The molecule has 1 aliphatic carbocycles. The maximum atomic E-state index is 12.0. The lowest BCUT2D eigenvalue weighted by molar-refractivity contribution is 0.0916. The van der Waals surface area contributed by atoms with Gasteiger partial charge in [-0.05, 0) is 31.0 Å². The molecule has 1 saturated carbocycles. The lowest BCUT2D eigenvalue weighted by Crippen LogP contribution is -2.32. The predicted octanol–water partition coefficient (Wildman–Crippen LogP) is 1.17. The molecule has 0 aliphatic heterocycles. The minimum Gasteiger partial charge on any atom is -0.495 e. The number of ether oxygens (including phenoxy) is 1. The number of hydrogen-bond donors (Lipinski definition) is 3. The van der Waals surface area contributed by atoms with Gasteiger partial charge in [-0.3, -0.25) is 4.79 Å². The van der Waals surface area contributed by atoms with E-state index in [4.69, 9.17) is 10.5 Å². The molecule has 1 aromatic rings. The Labute approximate surface area is 112 Å². The van der Waals surface area contributed by atoms with E-state index in [0.717, 1.165) is 19.3 Å². The summed E-state index contributed by atoms with van der Waals surface area (Å²) in [6.45, 7) is 0.507. The molecule has 0 aromatic heterocycles. The molecule has 104 valence electrons. The van der Waals surface area contributed by atoms with Crippen molar-refractivity contribution in [1.29, 1.82) is 0 Å². The van der Waals surface area contributed by atoms with Gasteiger partial charge in [-0.2, -0.15) is 0 Å². The Morgan fingerprint density at radius 1 is 1.53 bits per heavy atom. The number of amides is 1. The van der Waals surface area contributed by atoms with Crippen LogP contribution in [-0.4, -0.2) is 30.8 Å². The third kappa shape index (κ3) is 3.17. The monoisotopic (exact) mass is 264 g/mol. The van der Waals surface area contributed by atoms with Crippen LogP contribution in [0.4, 0.5) is 5.69 Å². The van der Waals surface area contributed by atoms with Crippen LogP contribution in [0.15, 0.2) is 18.2 Å². The number of nitrogens with one attached hydrogen (secondary N) is 1. The lowest BCUT2D eigenvalue weighted by atomic mass is 10.1. The van der Waals surface area contributed by atoms with Gasteiger partial charge in [0.1, 0.15) is 5.75 Å². The molecule has 19 heavy (non-hydrogen) atoms. The third-order valence-corrected chi connectivity index (χ3v) is 3.64. The van der Waals surface area contributed by atoms with E-state index in [1.54, 1.807) is 18.2 Å². The molecule has 2 unspecified atom stereocenters. The number of carbonyl (C=O) groups is 1. The van der Waals surface area contributed by atoms with E-state index in [1.165, 1.54) is 7.11 Å². The standard InChI is InChI=1S/C14H20N2O3/c1-19-13-7-9(5-6-11(13)15)14(18)16-8-10-3-2-4-12(10)17/h5-7,10,12,17H,2-4,8,15H2,1H3,(H,16,18). The summed E-state index contributed by atoms with van der Waals surface area (Å²) in [7, 11) is 1.52. The first kappa shape index (κ1) is 13.7. The van der Waals surface area contributed by atoms with Gasteiger partial charge in [0.05, 0.1) is 18.9 Å². The number of nitrogen functional groups attached to an aromatic ring is 1. The highest BCUT2D eigenvalue weighted by molar-refractivity contribution is 5.95. The number of hydrogen-bond acceptors (Lipinski definition) is 4. The fraction of sp³-hybridized carbons (Fsp3) is 0.500. The summed E-state index contributed by atoms with van der Waals surface area (Å²) in [4.78, 5) is 12.0. The van der Waals surface area contributed by atoms with Gasteiger partial charge in [0.2, 0.25) is 0 Å². The van der Waals surface area contributed by atoms with Crippen molar-refractivity contribution >= 4 is 11.6 Å². The van der Waals surface area contributed by atoms with Crippen molar-refractivity contribution in [3.63, 3.8) is 0 Å². The number of carbonyl (C=O) groups excluding carboxylic acids is 1. The van der Waals surface area contributed by atoms with Gasteiger partial charge in [0.25, 0.3) is 5.91 Å². The zero-order valence-electron chi connectivity index (χ0n) is 11.1. The fourth-order valence-electron chi connectivity index (χ4n) is 2.43. The second-order valence-corrected chi connectivity index (χ2v) is 4.93. The van der Waals surface area contributed by atoms with Gasteiger partial charge in [-0.25, -0.2) is 0 Å². The molecule has 0 spiro atoms. The van der Waals surface area contributed by atoms with E-state index in [9.17, 15) is 9.90 Å². The molecule has 1 fully saturated rings. The number of methoxy groups -OCH3 is 1. The Morgan fingerprint density at radius 2 is 2.32 bits per heavy atom. The first-order valence-corrected chi connectivity index (χ1v) is 6.51. The van der Waals surface area contributed by atoms with Crippen molar-refractivity contribution in [2.75, 3.05) is 19.4 Å². The molecule has 1 aromatic carbocycles. The Balaban J connectivity index is 1.96. The molecule has 0 saturated heterocycles. The Morgan fingerprint density at radius 3 is 2.95 bits per heavy atom. The molecule has 5 heteroatoms. The van der Waals surface area contributed by atoms with Crippen molar-refractivity contribution in [3.8, 4) is 5.75 Å². The molecular formula is C14H20N2O3. The van der Waals surface area contributed by atoms with Crippen molar-refractivity contribution in [3.05, 3.63) is 23.8 Å². The molecule has 0 radical (unpaired) electrons. The average molecular weight is 264 g/mol. The molecule has 2 rings (SSSR count). The minimum atomic E-state index is -0.291. The summed E-state index contributed by atoms with van der Waals surface area (Å²) in [6.07, 6.45) is 2.53. The van der Waals surface area contributed by atoms with Crippen LogP contribution < -0.4 is 15.8 Å². The Kier molecular flexibility index (Phi) is 4.27. The summed E-state index contributed by atoms with van der Waals surface area (Å²) < 4.78 is 5.09. The van der Waals surface area contributed by atoms with E-state index in [-0.39, 0.29) is 17.9 Å². The maximum absolute atomic E-state index is 12.0. The molecular weight excluding hydrogens is 244 g/mol. The molecule has 4 N–H and O–H groups in total. The molecule has 0 bridgehead atoms. The Hall–Kier alpha value is -1.75. The average Bonchev–Trinajstić information content (AvgIpc) is 2.82. The van der Waals surface area contributed by atoms with Crippen LogP contribution in [0, 0.1) is 5.92 Å². The smallest absolute Gasteiger partial charge is 0.251 e. The van der Waals surface area contributed by atoms with Gasteiger partial charge >= 0.3 is 0 Å². The zero-order valence-corrected chi connectivity index (χ0v) is 11.1. The first-order chi connectivity index (χ1) is 9.11. The fourth-order valence-corrected chi connectivity index (χ4v) is 2.43. The lowest BCUT2D eigenvalue weighted by Gasteiger charge is -2.15. The molecule has 2 atom stereocenters. The van der Waals surface area contributed by atoms with Gasteiger partial charge in [-0.1, -0.05) is 6.42 Å². The molecule has 5 nitrogen and oxygen atoms in total. The van der Waals surface area contributed by atoms with E-state index < -0.39 is 0 Å². The number of rotatable bonds is 4. The molecule has 1 aliphatic rings. The first-order valence-electron chi connectivity index (χ1n) is 6.51. The molecule has 0 heterocycles. The Bertz CT molecular complexity index is 462. The topological polar surface area (TPSA) is 84.6 Å². The summed E-state index contributed by atoms with van der Waals surface area (Å²) in [6, 6.07) is 4.94. The summed E-state index contributed by atoms with van der Waals surface area (Å²) >= 11 is 0. The number of aliphatic hydroxyl groups is 1. The van der Waals surface area contributed by atoms with E-state index in [2.05, 4.69) is 5.32 Å². The van der Waals surface area contributed by atoms with E-state index in [0.29, 0.717) is 23.5 Å². The second kappa shape index (κ2) is 5.93. The van der Waals surface area contributed by atoms with Gasteiger partial charge in [0.15, 0.2) is 0 Å². The highest BCUT2D eigenvalue weighted by atomic mass is 16.5.